The quantitative estimate of drug-likeness (QED) is 0.293. The Morgan fingerprint density at radius 2 is 1.73 bits per heavy atom. The molecule has 2 aromatic heterocycles. The molecule has 0 radical (unpaired) electrons. The molecule has 33 heavy (non-hydrogen) atoms. The number of aromatic nitrogens is 2. The summed E-state index contributed by atoms with van der Waals surface area (Å²) in [4.78, 5) is 37.8. The predicted octanol–water partition coefficient (Wildman–Crippen LogP) is 3.98. The smallest absolute Gasteiger partial charge is 0.357 e. The van der Waals surface area contributed by atoms with Crippen LogP contribution < -0.4 is 10.9 Å². The zero-order valence-electron chi connectivity index (χ0n) is 17.0. The fourth-order valence-electron chi connectivity index (χ4n) is 2.88. The van der Waals surface area contributed by atoms with Gasteiger partial charge < -0.3 is 4.74 Å². The number of nitrogens with zero attached hydrogens (tertiary/aromatic N) is 2. The van der Waals surface area contributed by atoms with Crippen LogP contribution in [0.3, 0.4) is 0 Å². The normalized spacial score (nSPS) is 10.5. The molecule has 4 aromatic rings. The molecule has 2 aromatic carbocycles. The van der Waals surface area contributed by atoms with Gasteiger partial charge in [0.05, 0.1) is 10.6 Å². The van der Waals surface area contributed by atoms with E-state index in [0.29, 0.717) is 16.9 Å². The van der Waals surface area contributed by atoms with Crippen LogP contribution in [0.15, 0.2) is 82.6 Å². The Hall–Kier alpha value is -3.76. The van der Waals surface area contributed by atoms with Crippen LogP contribution in [0.5, 0.6) is 0 Å². The standard InChI is InChI=1S/C23H17BrN4O4S/c24-16-10-8-15(9-11-16)22(30)26-25-21(29)14-32-23(31)19-13-18(20-7-4-12-33-20)27-28(19)17-5-2-1-3-6-17/h1-13H,14H2,(H,25,29)(H,26,30). The van der Waals surface area contributed by atoms with Crippen molar-refractivity contribution in [1.82, 2.24) is 20.6 Å². The number of nitrogens with one attached hydrogen (secondary N) is 2. The molecule has 10 heteroatoms. The topological polar surface area (TPSA) is 102 Å². The Labute approximate surface area is 201 Å². The Morgan fingerprint density at radius 1 is 0.970 bits per heavy atom. The van der Waals surface area contributed by atoms with Crippen LogP contribution in [0.1, 0.15) is 20.8 Å². The van der Waals surface area contributed by atoms with Crippen molar-refractivity contribution in [1.29, 1.82) is 0 Å². The Bertz CT molecular complexity index is 1270. The molecule has 2 amide bonds. The zero-order valence-corrected chi connectivity index (χ0v) is 19.4. The molecule has 0 fully saturated rings. The largest absolute Gasteiger partial charge is 0.451 e. The summed E-state index contributed by atoms with van der Waals surface area (Å²) in [7, 11) is 0. The molecule has 0 aliphatic carbocycles. The highest BCUT2D eigenvalue weighted by atomic mass is 79.9. The first-order valence-electron chi connectivity index (χ1n) is 9.72. The number of esters is 1. The molecule has 0 atom stereocenters. The number of carbonyl (C=O) groups is 3. The molecule has 0 aliphatic rings. The number of hydrazine groups is 1. The minimum absolute atomic E-state index is 0.177. The van der Waals surface area contributed by atoms with Crippen LogP contribution >= 0.6 is 27.3 Å². The maximum Gasteiger partial charge on any atom is 0.357 e. The molecule has 2 N–H and O–H groups in total. The molecule has 0 saturated heterocycles. The number of halogens is 1. The first-order valence-corrected chi connectivity index (χ1v) is 11.4. The van der Waals surface area contributed by atoms with E-state index in [1.54, 1.807) is 30.3 Å². The SMILES string of the molecule is O=C(COC(=O)c1cc(-c2cccs2)nn1-c1ccccc1)NNC(=O)c1ccc(Br)cc1. The van der Waals surface area contributed by atoms with Gasteiger partial charge in [0, 0.05) is 16.1 Å². The van der Waals surface area contributed by atoms with Gasteiger partial charge in [0.2, 0.25) is 0 Å². The number of ether oxygens (including phenoxy) is 1. The number of carbonyl (C=O) groups excluding carboxylic acids is 3. The van der Waals surface area contributed by atoms with Crippen LogP contribution in [-0.4, -0.2) is 34.2 Å². The van der Waals surface area contributed by atoms with E-state index in [1.807, 2.05) is 47.8 Å². The van der Waals surface area contributed by atoms with Crippen molar-refractivity contribution in [2.45, 2.75) is 0 Å². The lowest BCUT2D eigenvalue weighted by Crippen LogP contribution is -2.43. The van der Waals surface area contributed by atoms with E-state index in [1.165, 1.54) is 16.0 Å². The highest BCUT2D eigenvalue weighted by Crippen LogP contribution is 2.26. The molecular weight excluding hydrogens is 508 g/mol. The second-order valence-electron chi connectivity index (χ2n) is 6.72. The Kier molecular flexibility index (Phi) is 6.96. The number of rotatable bonds is 6. The molecule has 8 nitrogen and oxygen atoms in total. The van der Waals surface area contributed by atoms with E-state index < -0.39 is 24.4 Å². The van der Waals surface area contributed by atoms with Crippen molar-refractivity contribution in [3.8, 4) is 16.3 Å². The van der Waals surface area contributed by atoms with Gasteiger partial charge >= 0.3 is 5.97 Å². The molecule has 0 saturated carbocycles. The third-order valence-electron chi connectivity index (χ3n) is 4.45. The van der Waals surface area contributed by atoms with Crippen molar-refractivity contribution < 1.29 is 19.1 Å². The number of amides is 2. The van der Waals surface area contributed by atoms with Crippen LogP contribution in [0.2, 0.25) is 0 Å². The van der Waals surface area contributed by atoms with Crippen molar-refractivity contribution in [2.75, 3.05) is 6.61 Å². The van der Waals surface area contributed by atoms with E-state index >= 15 is 0 Å². The summed E-state index contributed by atoms with van der Waals surface area (Å²) in [5, 5.41) is 6.45. The fraction of sp³-hybridized carbons (Fsp3) is 0.0435. The maximum atomic E-state index is 12.8. The van der Waals surface area contributed by atoms with Gasteiger partial charge in [-0.1, -0.05) is 40.2 Å². The third-order valence-corrected chi connectivity index (χ3v) is 5.87. The first kappa shape index (κ1) is 22.4. The molecule has 0 spiro atoms. The minimum atomic E-state index is -0.719. The predicted molar refractivity (Wildman–Crippen MR) is 127 cm³/mol. The molecule has 166 valence electrons. The van der Waals surface area contributed by atoms with E-state index in [2.05, 4.69) is 31.9 Å². The molecular formula is C23H17BrN4O4S. The maximum absolute atomic E-state index is 12.8. The summed E-state index contributed by atoms with van der Waals surface area (Å²) in [6, 6.07) is 21.2. The van der Waals surface area contributed by atoms with Gasteiger partial charge in [-0.15, -0.1) is 11.3 Å². The first-order chi connectivity index (χ1) is 16.0. The van der Waals surface area contributed by atoms with Crippen LogP contribution in [0.25, 0.3) is 16.3 Å². The Balaban J connectivity index is 1.41. The van der Waals surface area contributed by atoms with E-state index in [4.69, 9.17) is 4.74 Å². The van der Waals surface area contributed by atoms with E-state index in [9.17, 15) is 14.4 Å². The highest BCUT2D eigenvalue weighted by molar-refractivity contribution is 9.10. The molecule has 2 heterocycles. The zero-order chi connectivity index (χ0) is 23.2. The highest BCUT2D eigenvalue weighted by Gasteiger charge is 2.20. The molecule has 0 aliphatic heterocycles. The summed E-state index contributed by atoms with van der Waals surface area (Å²) >= 11 is 4.78. The number of hydrogen-bond acceptors (Lipinski definition) is 6. The second kappa shape index (κ2) is 10.2. The number of benzene rings is 2. The van der Waals surface area contributed by atoms with Gasteiger partial charge in [-0.2, -0.15) is 5.10 Å². The van der Waals surface area contributed by atoms with E-state index in [0.717, 1.165) is 9.35 Å². The van der Waals surface area contributed by atoms with Crippen LogP contribution in [0, 0.1) is 0 Å². The lowest BCUT2D eigenvalue weighted by molar-refractivity contribution is -0.125. The summed E-state index contributed by atoms with van der Waals surface area (Å²) in [6.45, 7) is -0.576. The minimum Gasteiger partial charge on any atom is -0.451 e. The fourth-order valence-corrected chi connectivity index (χ4v) is 3.82. The van der Waals surface area contributed by atoms with Crippen molar-refractivity contribution >= 4 is 45.1 Å². The molecule has 0 unspecified atom stereocenters. The van der Waals surface area contributed by atoms with Crippen LogP contribution in [0.4, 0.5) is 0 Å². The molecule has 0 bridgehead atoms. The number of hydrogen-bond donors (Lipinski definition) is 2. The van der Waals surface area contributed by atoms with Crippen molar-refractivity contribution in [2.24, 2.45) is 0 Å². The van der Waals surface area contributed by atoms with Gasteiger partial charge in [-0.05, 0) is 47.8 Å². The van der Waals surface area contributed by atoms with Gasteiger partial charge in [0.1, 0.15) is 5.69 Å². The van der Waals surface area contributed by atoms with Crippen molar-refractivity contribution in [3.63, 3.8) is 0 Å². The lowest BCUT2D eigenvalue weighted by Gasteiger charge is -2.09. The lowest BCUT2D eigenvalue weighted by atomic mass is 10.2. The summed E-state index contributed by atoms with van der Waals surface area (Å²) in [6.07, 6.45) is 0. The van der Waals surface area contributed by atoms with Gasteiger partial charge in [0.15, 0.2) is 12.3 Å². The molecule has 4 rings (SSSR count). The second-order valence-corrected chi connectivity index (χ2v) is 8.59. The number of para-hydroxylation sites is 1. The summed E-state index contributed by atoms with van der Waals surface area (Å²) < 4.78 is 7.47. The van der Waals surface area contributed by atoms with E-state index in [-0.39, 0.29) is 5.69 Å². The van der Waals surface area contributed by atoms with Crippen molar-refractivity contribution in [3.05, 3.63) is 93.9 Å². The van der Waals surface area contributed by atoms with Gasteiger partial charge in [-0.25, -0.2) is 9.48 Å². The third kappa shape index (κ3) is 5.54. The van der Waals surface area contributed by atoms with Crippen LogP contribution in [-0.2, 0) is 9.53 Å². The summed E-state index contributed by atoms with van der Waals surface area (Å²) in [5.74, 6) is -1.90. The monoisotopic (exact) mass is 524 g/mol. The average Bonchev–Trinajstić information content (AvgIpc) is 3.52. The number of thiophene rings is 1. The summed E-state index contributed by atoms with van der Waals surface area (Å²) in [5.41, 5.74) is 6.35. The average molecular weight is 525 g/mol. The van der Waals surface area contributed by atoms with Gasteiger partial charge in [0.25, 0.3) is 11.8 Å². The Morgan fingerprint density at radius 3 is 2.42 bits per heavy atom. The van der Waals surface area contributed by atoms with Gasteiger partial charge in [-0.3, -0.25) is 20.4 Å².